The Morgan fingerprint density at radius 2 is 1.85 bits per heavy atom. The maximum atomic E-state index is 12.2. The van der Waals surface area contributed by atoms with Gasteiger partial charge in [-0.2, -0.15) is 4.98 Å². The van der Waals surface area contributed by atoms with E-state index in [9.17, 15) is 9.59 Å². The van der Waals surface area contributed by atoms with Crippen molar-refractivity contribution in [2.75, 3.05) is 19.1 Å². The van der Waals surface area contributed by atoms with Gasteiger partial charge in [-0.15, -0.1) is 0 Å². The van der Waals surface area contributed by atoms with Crippen molar-refractivity contribution >= 4 is 22.9 Å². The number of benzene rings is 1. The molecule has 1 atom stereocenters. The first kappa shape index (κ1) is 18.6. The van der Waals surface area contributed by atoms with Crippen LogP contribution in [0, 0.1) is 13.8 Å². The molecule has 3 rings (SSSR count). The summed E-state index contributed by atoms with van der Waals surface area (Å²) in [5.41, 5.74) is 3.71. The van der Waals surface area contributed by atoms with E-state index >= 15 is 0 Å². The molecule has 1 aromatic carbocycles. The van der Waals surface area contributed by atoms with Crippen LogP contribution in [0.1, 0.15) is 18.1 Å². The number of likely N-dealkylation sites (N-methyl/N-ethyl adjacent to an activating group) is 1. The third-order valence-electron chi connectivity index (χ3n) is 4.83. The first-order valence-corrected chi connectivity index (χ1v) is 8.65. The number of pyridine rings is 1. The summed E-state index contributed by atoms with van der Waals surface area (Å²) in [5.74, 6) is 0.146. The zero-order valence-electron chi connectivity index (χ0n) is 16.1. The normalized spacial score (nSPS) is 12.0. The second-order valence-corrected chi connectivity index (χ2v) is 6.58. The number of nitrogens with zero attached hydrogens (tertiary/aromatic N) is 2. The monoisotopic (exact) mass is 366 g/mol. The fraction of sp³-hybridized carbons (Fsp3) is 0.286. The zero-order chi connectivity index (χ0) is 19.7. The van der Waals surface area contributed by atoms with Crippen LogP contribution in [0.2, 0.25) is 0 Å². The molecule has 3 aromatic rings. The van der Waals surface area contributed by atoms with Gasteiger partial charge in [0.25, 0.3) is 0 Å². The van der Waals surface area contributed by atoms with Gasteiger partial charge in [-0.3, -0.25) is 0 Å². The van der Waals surface area contributed by atoms with Crippen LogP contribution >= 0.6 is 0 Å². The molecule has 0 saturated carbocycles. The molecule has 0 spiro atoms. The Morgan fingerprint density at radius 1 is 1.19 bits per heavy atom. The van der Waals surface area contributed by atoms with Crippen molar-refractivity contribution < 1.29 is 13.9 Å². The number of carbonyl (C=O) groups is 1. The van der Waals surface area contributed by atoms with Crippen LogP contribution in [0.15, 0.2) is 45.6 Å². The molecule has 0 fully saturated rings. The Balaban J connectivity index is 2.18. The first-order chi connectivity index (χ1) is 12.8. The van der Waals surface area contributed by atoms with Gasteiger partial charge in [-0.05, 0) is 49.6 Å². The van der Waals surface area contributed by atoms with Gasteiger partial charge in [-0.1, -0.05) is 18.2 Å². The van der Waals surface area contributed by atoms with Crippen molar-refractivity contribution in [3.63, 3.8) is 0 Å². The van der Waals surface area contributed by atoms with E-state index in [0.717, 1.165) is 27.6 Å². The van der Waals surface area contributed by atoms with E-state index in [4.69, 9.17) is 9.15 Å². The SMILES string of the molecule is COC(=O)[C@H](C)N(C)c1ccc2c(-c3c(C)cccc3C)cc(=O)oc2n1. The minimum Gasteiger partial charge on any atom is -0.467 e. The quantitative estimate of drug-likeness (QED) is 0.659. The molecule has 0 aliphatic heterocycles. The molecule has 0 saturated heterocycles. The number of methoxy groups -OCH3 is 1. The predicted molar refractivity (Wildman–Crippen MR) is 105 cm³/mol. The summed E-state index contributed by atoms with van der Waals surface area (Å²) in [7, 11) is 3.08. The average Bonchev–Trinajstić information content (AvgIpc) is 2.65. The van der Waals surface area contributed by atoms with Gasteiger partial charge in [0.1, 0.15) is 11.9 Å². The van der Waals surface area contributed by atoms with Crippen LogP contribution in [-0.2, 0) is 9.53 Å². The van der Waals surface area contributed by atoms with Gasteiger partial charge in [-0.25, -0.2) is 9.59 Å². The van der Waals surface area contributed by atoms with Crippen molar-refractivity contribution in [1.29, 1.82) is 0 Å². The fourth-order valence-electron chi connectivity index (χ4n) is 3.20. The highest BCUT2D eigenvalue weighted by Gasteiger charge is 2.21. The first-order valence-electron chi connectivity index (χ1n) is 8.65. The van der Waals surface area contributed by atoms with Crippen LogP contribution in [0.3, 0.4) is 0 Å². The number of hydrogen-bond donors (Lipinski definition) is 0. The third kappa shape index (κ3) is 3.43. The van der Waals surface area contributed by atoms with Gasteiger partial charge >= 0.3 is 11.6 Å². The maximum Gasteiger partial charge on any atom is 0.338 e. The number of ether oxygens (including phenoxy) is 1. The molecular weight excluding hydrogens is 344 g/mol. The summed E-state index contributed by atoms with van der Waals surface area (Å²) in [6, 6.07) is 10.7. The molecule has 6 nitrogen and oxygen atoms in total. The minimum atomic E-state index is -0.520. The predicted octanol–water partition coefficient (Wildman–Crippen LogP) is 3.47. The van der Waals surface area contributed by atoms with Crippen LogP contribution < -0.4 is 10.5 Å². The Kier molecular flexibility index (Phi) is 4.99. The van der Waals surface area contributed by atoms with Gasteiger partial charge in [0, 0.05) is 24.1 Å². The molecule has 0 bridgehead atoms. The minimum absolute atomic E-state index is 0.238. The topological polar surface area (TPSA) is 72.6 Å². The number of hydrogen-bond acceptors (Lipinski definition) is 6. The standard InChI is InChI=1S/C21H22N2O4/c1-12-7-6-8-13(2)19(12)16-11-18(24)27-20-15(16)9-10-17(22-20)23(4)14(3)21(25)26-5/h6-11,14H,1-5H3/t14-/m0/s1. The van der Waals surface area contributed by atoms with Crippen molar-refractivity contribution in [3.8, 4) is 11.1 Å². The summed E-state index contributed by atoms with van der Waals surface area (Å²) in [4.78, 5) is 30.1. The summed E-state index contributed by atoms with van der Waals surface area (Å²) < 4.78 is 10.1. The van der Waals surface area contributed by atoms with Gasteiger partial charge in [0.2, 0.25) is 5.71 Å². The number of rotatable bonds is 4. The lowest BCUT2D eigenvalue weighted by Crippen LogP contribution is -2.37. The highest BCUT2D eigenvalue weighted by Crippen LogP contribution is 2.32. The molecular formula is C21H22N2O4. The summed E-state index contributed by atoms with van der Waals surface area (Å²) in [6.07, 6.45) is 0. The van der Waals surface area contributed by atoms with E-state index in [2.05, 4.69) is 4.98 Å². The zero-order valence-corrected chi connectivity index (χ0v) is 16.1. The Labute approximate surface area is 157 Å². The van der Waals surface area contributed by atoms with Crippen molar-refractivity contribution in [3.05, 3.63) is 57.9 Å². The molecule has 0 radical (unpaired) electrons. The van der Waals surface area contributed by atoms with Crippen molar-refractivity contribution in [2.24, 2.45) is 0 Å². The van der Waals surface area contributed by atoms with Crippen LogP contribution in [0.4, 0.5) is 5.82 Å². The van der Waals surface area contributed by atoms with E-state index in [1.165, 1.54) is 13.2 Å². The molecule has 2 aromatic heterocycles. The number of fused-ring (bicyclic) bond motifs is 1. The average molecular weight is 366 g/mol. The lowest BCUT2D eigenvalue weighted by atomic mass is 9.94. The Morgan fingerprint density at radius 3 is 2.48 bits per heavy atom. The molecule has 0 amide bonds. The summed E-state index contributed by atoms with van der Waals surface area (Å²) in [5, 5.41) is 0.745. The highest BCUT2D eigenvalue weighted by atomic mass is 16.5. The summed E-state index contributed by atoms with van der Waals surface area (Å²) in [6.45, 7) is 5.74. The lowest BCUT2D eigenvalue weighted by Gasteiger charge is -2.23. The van der Waals surface area contributed by atoms with E-state index in [1.54, 1.807) is 24.9 Å². The van der Waals surface area contributed by atoms with Crippen LogP contribution in [0.5, 0.6) is 0 Å². The molecule has 140 valence electrons. The molecule has 0 aliphatic rings. The second-order valence-electron chi connectivity index (χ2n) is 6.58. The number of aryl methyl sites for hydroxylation is 2. The summed E-state index contributed by atoms with van der Waals surface area (Å²) >= 11 is 0. The number of esters is 1. The van der Waals surface area contributed by atoms with E-state index in [-0.39, 0.29) is 11.7 Å². The van der Waals surface area contributed by atoms with Crippen LogP contribution in [-0.4, -0.2) is 31.2 Å². The third-order valence-corrected chi connectivity index (χ3v) is 4.83. The smallest absolute Gasteiger partial charge is 0.338 e. The molecule has 6 heteroatoms. The van der Waals surface area contributed by atoms with E-state index < -0.39 is 11.7 Å². The highest BCUT2D eigenvalue weighted by molar-refractivity contribution is 5.94. The molecule has 27 heavy (non-hydrogen) atoms. The Bertz CT molecular complexity index is 1050. The van der Waals surface area contributed by atoms with Gasteiger partial charge in [0.15, 0.2) is 0 Å². The maximum absolute atomic E-state index is 12.2. The molecule has 0 aliphatic carbocycles. The number of anilines is 1. The lowest BCUT2D eigenvalue weighted by molar-refractivity contribution is -0.141. The molecule has 2 heterocycles. The van der Waals surface area contributed by atoms with E-state index in [0.29, 0.717) is 5.82 Å². The largest absolute Gasteiger partial charge is 0.467 e. The van der Waals surface area contributed by atoms with Crippen molar-refractivity contribution in [1.82, 2.24) is 4.98 Å². The van der Waals surface area contributed by atoms with E-state index in [1.807, 2.05) is 38.1 Å². The number of aromatic nitrogens is 1. The molecule has 0 N–H and O–H groups in total. The van der Waals surface area contributed by atoms with Crippen molar-refractivity contribution in [2.45, 2.75) is 26.8 Å². The number of carbonyl (C=O) groups excluding carboxylic acids is 1. The fourth-order valence-corrected chi connectivity index (χ4v) is 3.20. The molecule has 0 unspecified atom stereocenters. The Hall–Kier alpha value is -3.15. The van der Waals surface area contributed by atoms with Gasteiger partial charge in [0.05, 0.1) is 7.11 Å². The van der Waals surface area contributed by atoms with Crippen LogP contribution in [0.25, 0.3) is 22.2 Å². The van der Waals surface area contributed by atoms with Gasteiger partial charge < -0.3 is 14.1 Å². The second kappa shape index (κ2) is 7.23.